The number of pyridine rings is 1. The van der Waals surface area contributed by atoms with E-state index in [1.807, 2.05) is 0 Å². The van der Waals surface area contributed by atoms with Crippen molar-refractivity contribution in [3.05, 3.63) is 17.8 Å². The van der Waals surface area contributed by atoms with Crippen molar-refractivity contribution in [2.45, 2.75) is 32.3 Å². The summed E-state index contributed by atoms with van der Waals surface area (Å²) in [5.74, 6) is 6.71. The first-order valence-corrected chi connectivity index (χ1v) is 7.78. The van der Waals surface area contributed by atoms with E-state index in [0.29, 0.717) is 28.1 Å². The highest BCUT2D eigenvalue weighted by atomic mass is 16.3. The van der Waals surface area contributed by atoms with Crippen molar-refractivity contribution in [3.8, 4) is 11.8 Å². The van der Waals surface area contributed by atoms with Crippen LogP contribution in [0, 0.1) is 17.8 Å². The summed E-state index contributed by atoms with van der Waals surface area (Å²) in [6.07, 6.45) is 3.45. The molecule has 1 aliphatic rings. The molecule has 0 bridgehead atoms. The molecule has 2 aromatic heterocycles. The fourth-order valence-electron chi connectivity index (χ4n) is 2.17. The summed E-state index contributed by atoms with van der Waals surface area (Å²) in [6.45, 7) is 3.22. The predicted octanol–water partition coefficient (Wildman–Crippen LogP) is 1.54. The van der Waals surface area contributed by atoms with Gasteiger partial charge < -0.3 is 15.7 Å². The maximum Gasteiger partial charge on any atom is 0.228 e. The van der Waals surface area contributed by atoms with Crippen LogP contribution in [0.2, 0.25) is 0 Å². The second kappa shape index (κ2) is 6.06. The highest BCUT2D eigenvalue weighted by Crippen LogP contribution is 2.30. The monoisotopic (exact) mass is 325 g/mol. The molecular formula is C17H19N5O2. The Kier molecular flexibility index (Phi) is 4.08. The molecule has 0 aliphatic heterocycles. The average Bonchev–Trinajstić information content (AvgIpc) is 3.36. The third kappa shape index (κ3) is 3.60. The van der Waals surface area contributed by atoms with Crippen molar-refractivity contribution >= 4 is 28.4 Å². The van der Waals surface area contributed by atoms with Crippen molar-refractivity contribution in [1.82, 2.24) is 15.2 Å². The zero-order chi connectivity index (χ0) is 17.3. The molecule has 1 saturated carbocycles. The molecule has 24 heavy (non-hydrogen) atoms. The molecule has 0 saturated heterocycles. The SMILES string of the molecule is CNc1ncc(C#CC(C)(C)O)c2cc(NC(=O)C3CC3)nnc12. The number of nitrogens with zero attached hydrogens (tertiary/aromatic N) is 3. The first-order valence-electron chi connectivity index (χ1n) is 7.78. The maximum absolute atomic E-state index is 11.9. The molecule has 3 N–H and O–H groups in total. The lowest BCUT2D eigenvalue weighted by atomic mass is 10.1. The van der Waals surface area contributed by atoms with E-state index < -0.39 is 5.60 Å². The molecule has 7 heteroatoms. The van der Waals surface area contributed by atoms with Gasteiger partial charge in [0.15, 0.2) is 11.6 Å². The minimum Gasteiger partial charge on any atom is -0.378 e. The number of aromatic nitrogens is 3. The lowest BCUT2D eigenvalue weighted by Crippen LogP contribution is -2.15. The Bertz CT molecular complexity index is 857. The number of fused-ring (bicyclic) bond motifs is 1. The van der Waals surface area contributed by atoms with E-state index in [0.717, 1.165) is 12.8 Å². The van der Waals surface area contributed by atoms with Gasteiger partial charge in [0.2, 0.25) is 5.91 Å². The summed E-state index contributed by atoms with van der Waals surface area (Å²) in [4.78, 5) is 16.2. The van der Waals surface area contributed by atoms with Crippen LogP contribution in [0.4, 0.5) is 11.6 Å². The van der Waals surface area contributed by atoms with Crippen molar-refractivity contribution < 1.29 is 9.90 Å². The number of carbonyl (C=O) groups is 1. The molecule has 0 atom stereocenters. The number of amides is 1. The Morgan fingerprint density at radius 1 is 1.38 bits per heavy atom. The van der Waals surface area contributed by atoms with Crippen LogP contribution < -0.4 is 10.6 Å². The summed E-state index contributed by atoms with van der Waals surface area (Å²) >= 11 is 0. The molecule has 1 fully saturated rings. The largest absolute Gasteiger partial charge is 0.378 e. The van der Waals surface area contributed by atoms with Crippen LogP contribution >= 0.6 is 0 Å². The molecule has 2 heterocycles. The zero-order valence-electron chi connectivity index (χ0n) is 13.8. The molecule has 1 amide bonds. The Morgan fingerprint density at radius 3 is 2.75 bits per heavy atom. The van der Waals surface area contributed by atoms with Gasteiger partial charge in [0, 0.05) is 24.5 Å². The minimum absolute atomic E-state index is 0.0318. The van der Waals surface area contributed by atoms with Crippen LogP contribution in [0.15, 0.2) is 12.3 Å². The van der Waals surface area contributed by atoms with Gasteiger partial charge >= 0.3 is 0 Å². The van der Waals surface area contributed by atoms with Gasteiger partial charge in [-0.2, -0.15) is 0 Å². The van der Waals surface area contributed by atoms with Gasteiger partial charge in [-0.25, -0.2) is 4.98 Å². The predicted molar refractivity (Wildman–Crippen MR) is 91.4 cm³/mol. The van der Waals surface area contributed by atoms with Gasteiger partial charge in [0.1, 0.15) is 11.1 Å². The maximum atomic E-state index is 11.9. The Balaban J connectivity index is 2.05. The van der Waals surface area contributed by atoms with Gasteiger partial charge in [0.25, 0.3) is 0 Å². The first kappa shape index (κ1) is 16.1. The highest BCUT2D eigenvalue weighted by Gasteiger charge is 2.30. The number of rotatable bonds is 3. The molecular weight excluding hydrogens is 306 g/mol. The van der Waals surface area contributed by atoms with E-state index in [2.05, 4.69) is 37.7 Å². The smallest absolute Gasteiger partial charge is 0.228 e. The van der Waals surface area contributed by atoms with Crippen LogP contribution in [-0.2, 0) is 4.79 Å². The fraction of sp³-hybridized carbons (Fsp3) is 0.412. The number of carbonyl (C=O) groups excluding carboxylic acids is 1. The quantitative estimate of drug-likeness (QED) is 0.740. The van der Waals surface area contributed by atoms with E-state index in [1.54, 1.807) is 33.2 Å². The molecule has 0 aromatic carbocycles. The van der Waals surface area contributed by atoms with Gasteiger partial charge in [-0.3, -0.25) is 4.79 Å². The van der Waals surface area contributed by atoms with E-state index in [1.165, 1.54) is 0 Å². The van der Waals surface area contributed by atoms with Gasteiger partial charge in [-0.05, 0) is 32.8 Å². The Labute approximate surface area is 139 Å². The number of anilines is 2. The van der Waals surface area contributed by atoms with E-state index in [4.69, 9.17) is 0 Å². The van der Waals surface area contributed by atoms with Gasteiger partial charge in [0.05, 0.1) is 5.56 Å². The van der Waals surface area contributed by atoms with Crippen LogP contribution in [0.25, 0.3) is 10.9 Å². The van der Waals surface area contributed by atoms with Gasteiger partial charge in [-0.1, -0.05) is 11.8 Å². The third-order valence-corrected chi connectivity index (χ3v) is 3.57. The molecule has 0 spiro atoms. The van der Waals surface area contributed by atoms with E-state index >= 15 is 0 Å². The summed E-state index contributed by atoms with van der Waals surface area (Å²) in [7, 11) is 1.74. The van der Waals surface area contributed by atoms with Crippen molar-refractivity contribution in [1.29, 1.82) is 0 Å². The van der Waals surface area contributed by atoms with Crippen LogP contribution in [-0.4, -0.2) is 38.8 Å². The highest BCUT2D eigenvalue weighted by molar-refractivity contribution is 5.97. The number of nitrogens with one attached hydrogen (secondary N) is 2. The molecule has 124 valence electrons. The molecule has 2 aromatic rings. The summed E-state index contributed by atoms with van der Waals surface area (Å²) in [5, 5.41) is 24.5. The fourth-order valence-corrected chi connectivity index (χ4v) is 2.17. The average molecular weight is 325 g/mol. The molecule has 3 rings (SSSR count). The number of hydrogen-bond donors (Lipinski definition) is 3. The molecule has 0 radical (unpaired) electrons. The first-order chi connectivity index (χ1) is 11.4. The second-order valence-electron chi connectivity index (χ2n) is 6.33. The number of hydrogen-bond acceptors (Lipinski definition) is 6. The minimum atomic E-state index is -1.11. The molecule has 0 unspecified atom stereocenters. The summed E-state index contributed by atoms with van der Waals surface area (Å²) in [5.41, 5.74) is 0.0599. The van der Waals surface area contributed by atoms with Crippen molar-refractivity contribution in [3.63, 3.8) is 0 Å². The van der Waals surface area contributed by atoms with Crippen molar-refractivity contribution in [2.24, 2.45) is 5.92 Å². The lowest BCUT2D eigenvalue weighted by Gasteiger charge is -2.09. The lowest BCUT2D eigenvalue weighted by molar-refractivity contribution is -0.117. The normalized spacial score (nSPS) is 14.0. The van der Waals surface area contributed by atoms with E-state index in [-0.39, 0.29) is 11.8 Å². The third-order valence-electron chi connectivity index (χ3n) is 3.57. The summed E-state index contributed by atoms with van der Waals surface area (Å²) in [6, 6.07) is 1.74. The van der Waals surface area contributed by atoms with E-state index in [9.17, 15) is 9.90 Å². The second-order valence-corrected chi connectivity index (χ2v) is 6.33. The van der Waals surface area contributed by atoms with Gasteiger partial charge in [-0.15, -0.1) is 10.2 Å². The van der Waals surface area contributed by atoms with Crippen LogP contribution in [0.5, 0.6) is 0 Å². The van der Waals surface area contributed by atoms with Crippen LogP contribution in [0.3, 0.4) is 0 Å². The van der Waals surface area contributed by atoms with Crippen molar-refractivity contribution in [2.75, 3.05) is 17.7 Å². The Hall–Kier alpha value is -2.72. The Morgan fingerprint density at radius 2 is 2.12 bits per heavy atom. The zero-order valence-corrected chi connectivity index (χ0v) is 13.8. The van der Waals surface area contributed by atoms with Crippen LogP contribution in [0.1, 0.15) is 32.3 Å². The molecule has 7 nitrogen and oxygen atoms in total. The number of aliphatic hydroxyl groups is 1. The summed E-state index contributed by atoms with van der Waals surface area (Å²) < 4.78 is 0. The topological polar surface area (TPSA) is 100 Å². The standard InChI is InChI=1S/C17H19N5O2/c1-17(2,24)7-6-11-9-19-15(18-3)14-12(11)8-13(21-22-14)20-16(23)10-4-5-10/h8-10,24H,4-5H2,1-3H3,(H,18,19)(H,20,21,23). The molecule has 1 aliphatic carbocycles.